The van der Waals surface area contributed by atoms with Crippen LogP contribution in [0.3, 0.4) is 0 Å². The van der Waals surface area contributed by atoms with Crippen LogP contribution in [0.25, 0.3) is 0 Å². The molecule has 2 aliphatic rings. The van der Waals surface area contributed by atoms with Crippen LogP contribution in [0.1, 0.15) is 51.8 Å². The fourth-order valence-electron chi connectivity index (χ4n) is 4.38. The second-order valence-corrected chi connectivity index (χ2v) is 7.84. The van der Waals surface area contributed by atoms with Gasteiger partial charge in [0.1, 0.15) is 0 Å². The lowest BCUT2D eigenvalue weighted by Crippen LogP contribution is -2.36. The Bertz CT molecular complexity index is 543. The Labute approximate surface area is 140 Å². The molecular weight excluding hydrogens is 286 g/mol. The molecule has 2 heterocycles. The van der Waals surface area contributed by atoms with E-state index in [0.717, 1.165) is 24.1 Å². The molecule has 3 unspecified atom stereocenters. The Kier molecular flexibility index (Phi) is 5.20. The van der Waals surface area contributed by atoms with Gasteiger partial charge in [0.15, 0.2) is 0 Å². The lowest BCUT2D eigenvalue weighted by molar-refractivity contribution is 0.175. The van der Waals surface area contributed by atoms with Crippen molar-refractivity contribution in [2.45, 2.75) is 53.4 Å². The summed E-state index contributed by atoms with van der Waals surface area (Å²) >= 11 is 0. The van der Waals surface area contributed by atoms with E-state index >= 15 is 0 Å². The summed E-state index contributed by atoms with van der Waals surface area (Å²) in [4.78, 5) is 2.66. The van der Waals surface area contributed by atoms with Crippen molar-refractivity contribution in [2.24, 2.45) is 23.7 Å². The van der Waals surface area contributed by atoms with E-state index in [1.165, 1.54) is 44.5 Å². The number of aryl methyl sites for hydroxylation is 1. The third-order valence-electron chi connectivity index (χ3n) is 5.74. The zero-order chi connectivity index (χ0) is 16.4. The largest absolute Gasteiger partial charge is 0.426 e. The number of hydrogen-bond acceptors (Lipinski definition) is 4. The number of allylic oxidation sites excluding steroid dienone is 1. The first-order chi connectivity index (χ1) is 11.0. The molecule has 1 fully saturated rings. The summed E-state index contributed by atoms with van der Waals surface area (Å²) < 4.78 is 5.61. The predicted octanol–water partition coefficient (Wildman–Crippen LogP) is 3.87. The second kappa shape index (κ2) is 7.16. The highest BCUT2D eigenvalue weighted by atomic mass is 16.4. The van der Waals surface area contributed by atoms with Crippen molar-refractivity contribution in [3.63, 3.8) is 0 Å². The lowest BCUT2D eigenvalue weighted by Gasteiger charge is -2.38. The van der Waals surface area contributed by atoms with E-state index in [0.29, 0.717) is 17.7 Å². The molecule has 1 aromatic heterocycles. The van der Waals surface area contributed by atoms with Crippen molar-refractivity contribution in [3.05, 3.63) is 23.4 Å². The van der Waals surface area contributed by atoms with E-state index in [9.17, 15) is 0 Å². The van der Waals surface area contributed by atoms with Crippen molar-refractivity contribution in [1.82, 2.24) is 15.1 Å². The Balaban J connectivity index is 1.71. The molecular formula is C19H31N3O. The minimum atomic E-state index is 0.553. The van der Waals surface area contributed by atoms with Gasteiger partial charge in [-0.3, -0.25) is 0 Å². The topological polar surface area (TPSA) is 42.2 Å². The Morgan fingerprint density at radius 3 is 2.57 bits per heavy atom. The van der Waals surface area contributed by atoms with Gasteiger partial charge >= 0.3 is 0 Å². The molecule has 3 rings (SSSR count). The summed E-state index contributed by atoms with van der Waals surface area (Å²) in [6.45, 7) is 12.7. The number of aromatic nitrogens is 2. The van der Waals surface area contributed by atoms with Crippen LogP contribution in [-0.4, -0.2) is 34.7 Å². The zero-order valence-corrected chi connectivity index (χ0v) is 15.1. The van der Waals surface area contributed by atoms with Gasteiger partial charge in [0.2, 0.25) is 11.8 Å². The molecule has 0 N–H and O–H groups in total. The third-order valence-corrected chi connectivity index (χ3v) is 5.74. The van der Waals surface area contributed by atoms with Crippen molar-refractivity contribution in [1.29, 1.82) is 0 Å². The van der Waals surface area contributed by atoms with Gasteiger partial charge in [-0.2, -0.15) is 0 Å². The fourth-order valence-corrected chi connectivity index (χ4v) is 4.38. The van der Waals surface area contributed by atoms with Crippen LogP contribution in [0.15, 0.2) is 16.1 Å². The van der Waals surface area contributed by atoms with Crippen molar-refractivity contribution in [2.75, 3.05) is 19.6 Å². The number of rotatable bonds is 5. The summed E-state index contributed by atoms with van der Waals surface area (Å²) in [6.07, 6.45) is 7.45. The molecule has 1 aromatic rings. The van der Waals surface area contributed by atoms with Gasteiger partial charge in [-0.15, -0.1) is 10.2 Å². The summed E-state index contributed by atoms with van der Waals surface area (Å²) in [7, 11) is 0. The second-order valence-electron chi connectivity index (χ2n) is 7.84. The molecule has 0 saturated carbocycles. The molecule has 0 aromatic carbocycles. The SMILES string of the molecule is CC1=CC(CN2CCCC2)C(C(C)C)CC1Cc1nnc(C)o1. The molecule has 0 radical (unpaired) electrons. The van der Waals surface area contributed by atoms with E-state index in [1.54, 1.807) is 0 Å². The van der Waals surface area contributed by atoms with Gasteiger partial charge in [-0.25, -0.2) is 0 Å². The smallest absolute Gasteiger partial charge is 0.217 e. The molecule has 4 nitrogen and oxygen atoms in total. The molecule has 0 bridgehead atoms. The van der Waals surface area contributed by atoms with Crippen LogP contribution in [0.5, 0.6) is 0 Å². The fraction of sp³-hybridized carbons (Fsp3) is 0.789. The van der Waals surface area contributed by atoms with Gasteiger partial charge in [0.25, 0.3) is 0 Å². The molecule has 0 amide bonds. The molecule has 1 saturated heterocycles. The van der Waals surface area contributed by atoms with Crippen LogP contribution in [0.2, 0.25) is 0 Å². The quantitative estimate of drug-likeness (QED) is 0.773. The van der Waals surface area contributed by atoms with Crippen molar-refractivity contribution in [3.8, 4) is 0 Å². The maximum Gasteiger partial charge on any atom is 0.217 e. The molecule has 1 aliphatic heterocycles. The van der Waals surface area contributed by atoms with Gasteiger partial charge in [-0.05, 0) is 62.9 Å². The number of hydrogen-bond donors (Lipinski definition) is 0. The Morgan fingerprint density at radius 1 is 1.22 bits per heavy atom. The first kappa shape index (κ1) is 16.7. The van der Waals surface area contributed by atoms with E-state index in [4.69, 9.17) is 4.42 Å². The predicted molar refractivity (Wildman–Crippen MR) is 92.1 cm³/mol. The molecule has 23 heavy (non-hydrogen) atoms. The van der Waals surface area contributed by atoms with Gasteiger partial charge < -0.3 is 9.32 Å². The first-order valence-electron chi connectivity index (χ1n) is 9.22. The first-order valence-corrected chi connectivity index (χ1v) is 9.22. The van der Waals surface area contributed by atoms with Gasteiger partial charge in [0.05, 0.1) is 0 Å². The standard InChI is InChI=1S/C19H31N3O/c1-13(2)18-10-16(11-19-21-20-15(4)23-19)14(3)9-17(18)12-22-7-5-6-8-22/h9,13,16-18H,5-8,10-12H2,1-4H3. The maximum atomic E-state index is 5.61. The van der Waals surface area contributed by atoms with E-state index in [1.807, 2.05) is 6.92 Å². The number of nitrogens with zero attached hydrogens (tertiary/aromatic N) is 3. The van der Waals surface area contributed by atoms with Crippen LogP contribution < -0.4 is 0 Å². The monoisotopic (exact) mass is 317 g/mol. The Morgan fingerprint density at radius 2 is 1.96 bits per heavy atom. The van der Waals surface area contributed by atoms with E-state index < -0.39 is 0 Å². The highest BCUT2D eigenvalue weighted by Gasteiger charge is 2.33. The Hall–Kier alpha value is -1.16. The lowest BCUT2D eigenvalue weighted by atomic mass is 9.69. The summed E-state index contributed by atoms with van der Waals surface area (Å²) in [5.74, 6) is 4.20. The number of likely N-dealkylation sites (tertiary alicyclic amines) is 1. The van der Waals surface area contributed by atoms with Crippen molar-refractivity contribution >= 4 is 0 Å². The van der Waals surface area contributed by atoms with Crippen molar-refractivity contribution < 1.29 is 4.42 Å². The molecule has 1 aliphatic carbocycles. The highest BCUT2D eigenvalue weighted by molar-refractivity contribution is 5.14. The zero-order valence-electron chi connectivity index (χ0n) is 15.1. The average Bonchev–Trinajstić information content (AvgIpc) is 3.13. The van der Waals surface area contributed by atoms with E-state index in [2.05, 4.69) is 41.9 Å². The molecule has 3 atom stereocenters. The van der Waals surface area contributed by atoms with E-state index in [-0.39, 0.29) is 0 Å². The maximum absolute atomic E-state index is 5.61. The summed E-state index contributed by atoms with van der Waals surface area (Å²) in [5, 5.41) is 8.17. The van der Waals surface area contributed by atoms with Gasteiger partial charge in [-0.1, -0.05) is 25.5 Å². The summed E-state index contributed by atoms with van der Waals surface area (Å²) in [6, 6.07) is 0. The third kappa shape index (κ3) is 4.03. The minimum Gasteiger partial charge on any atom is -0.426 e. The van der Waals surface area contributed by atoms with Crippen LogP contribution in [0.4, 0.5) is 0 Å². The van der Waals surface area contributed by atoms with Gasteiger partial charge in [0, 0.05) is 19.9 Å². The minimum absolute atomic E-state index is 0.553. The van der Waals surface area contributed by atoms with Crippen LogP contribution in [0, 0.1) is 30.6 Å². The van der Waals surface area contributed by atoms with Crippen LogP contribution in [-0.2, 0) is 6.42 Å². The normalized spacial score (nSPS) is 29.3. The molecule has 0 spiro atoms. The molecule has 128 valence electrons. The highest BCUT2D eigenvalue weighted by Crippen LogP contribution is 2.39. The average molecular weight is 317 g/mol. The summed E-state index contributed by atoms with van der Waals surface area (Å²) in [5.41, 5.74) is 1.52. The molecule has 4 heteroatoms. The van der Waals surface area contributed by atoms with Crippen LogP contribution >= 0.6 is 0 Å².